The number of fused-ring (bicyclic) bond motifs is 2. The van der Waals surface area contributed by atoms with E-state index in [1.54, 1.807) is 6.20 Å². The Balaban J connectivity index is 1.49. The number of hydrogen-bond acceptors (Lipinski definition) is 4. The minimum Gasteiger partial charge on any atom is -0.370 e. The fourth-order valence-electron chi connectivity index (χ4n) is 3.75. The van der Waals surface area contributed by atoms with Gasteiger partial charge < -0.3 is 9.80 Å². The van der Waals surface area contributed by atoms with E-state index in [4.69, 9.17) is 0 Å². The molecule has 0 amide bonds. The molecule has 2 aliphatic rings. The Morgan fingerprint density at radius 3 is 2.21 bits per heavy atom. The van der Waals surface area contributed by atoms with Crippen LogP contribution in [-0.4, -0.2) is 40.8 Å². The number of piperazine rings is 1. The molecule has 1 aromatic heterocycles. The number of anilines is 1. The van der Waals surface area contributed by atoms with Crippen molar-refractivity contribution in [3.8, 4) is 0 Å². The van der Waals surface area contributed by atoms with Crippen LogP contribution in [0.2, 0.25) is 0 Å². The van der Waals surface area contributed by atoms with Gasteiger partial charge in [0, 0.05) is 43.6 Å². The van der Waals surface area contributed by atoms with Crippen LogP contribution in [0.3, 0.4) is 0 Å². The third-order valence-electron chi connectivity index (χ3n) is 5.10. The average molecular weight is 395 g/mol. The van der Waals surface area contributed by atoms with Gasteiger partial charge in [-0.05, 0) is 18.6 Å². The summed E-state index contributed by atoms with van der Waals surface area (Å²) in [6.07, 6.45) is 4.70. The van der Waals surface area contributed by atoms with Crippen molar-refractivity contribution in [3.63, 3.8) is 0 Å². The Morgan fingerprint density at radius 1 is 0.964 bits per heavy atom. The third kappa shape index (κ3) is 2.90. The summed E-state index contributed by atoms with van der Waals surface area (Å²) in [6.45, 7) is 1.21. The Labute approximate surface area is 156 Å². The molecule has 0 radical (unpaired) electrons. The van der Waals surface area contributed by atoms with Gasteiger partial charge in [0.25, 0.3) is 0 Å². The second-order valence-corrected chi connectivity index (χ2v) is 6.71. The normalized spacial score (nSPS) is 21.2. The van der Waals surface area contributed by atoms with E-state index in [1.165, 1.54) is 6.20 Å². The van der Waals surface area contributed by atoms with E-state index in [0.29, 0.717) is 13.1 Å². The van der Waals surface area contributed by atoms with Gasteiger partial charge in [0.05, 0.1) is 5.56 Å². The lowest BCUT2D eigenvalue weighted by molar-refractivity contribution is 0.103. The molecule has 0 spiro atoms. The first-order valence-corrected chi connectivity index (χ1v) is 8.56. The second-order valence-electron chi connectivity index (χ2n) is 6.71. The number of rotatable bonds is 4. The van der Waals surface area contributed by atoms with Crippen LogP contribution >= 0.6 is 0 Å². The average Bonchev–Trinajstić information content (AvgIpc) is 3.30. The third-order valence-corrected chi connectivity index (χ3v) is 5.10. The highest BCUT2D eigenvalue weighted by molar-refractivity contribution is 6.04. The summed E-state index contributed by atoms with van der Waals surface area (Å²) in [5, 5.41) is 0. The van der Waals surface area contributed by atoms with Crippen molar-refractivity contribution >= 4 is 11.6 Å². The number of carbonyl (C=O) groups is 1. The number of nitrogens with zero attached hydrogens (tertiary/aromatic N) is 3. The summed E-state index contributed by atoms with van der Waals surface area (Å²) in [4.78, 5) is 20.4. The van der Waals surface area contributed by atoms with Gasteiger partial charge in [-0.15, -0.1) is 0 Å². The summed E-state index contributed by atoms with van der Waals surface area (Å²) in [5.74, 6) is -11.3. The minimum atomic E-state index is -2.29. The number of benzene rings is 1. The molecule has 9 heteroatoms. The van der Waals surface area contributed by atoms with E-state index in [9.17, 15) is 26.7 Å². The lowest BCUT2D eigenvalue weighted by Crippen LogP contribution is -2.44. The molecule has 146 valence electrons. The zero-order chi connectivity index (χ0) is 20.0. The minimum absolute atomic E-state index is 0.0624. The number of likely N-dealkylation sites (tertiary alicyclic amines) is 1. The van der Waals surface area contributed by atoms with E-state index in [-0.39, 0.29) is 12.1 Å². The lowest BCUT2D eigenvalue weighted by Gasteiger charge is -2.34. The van der Waals surface area contributed by atoms with E-state index in [2.05, 4.69) is 9.88 Å². The number of carbonyl (C=O) groups excluding carboxylic acids is 1. The molecule has 3 heterocycles. The van der Waals surface area contributed by atoms with Crippen molar-refractivity contribution in [1.29, 1.82) is 0 Å². The lowest BCUT2D eigenvalue weighted by atomic mass is 10.1. The monoisotopic (exact) mass is 395 g/mol. The highest BCUT2D eigenvalue weighted by atomic mass is 19.2. The van der Waals surface area contributed by atoms with Gasteiger partial charge in [-0.1, -0.05) is 6.07 Å². The smallest absolute Gasteiger partial charge is 0.200 e. The number of aromatic nitrogens is 1. The van der Waals surface area contributed by atoms with Crippen LogP contribution in [0.15, 0.2) is 36.7 Å². The van der Waals surface area contributed by atoms with Gasteiger partial charge in [0.2, 0.25) is 5.82 Å². The van der Waals surface area contributed by atoms with E-state index in [0.717, 1.165) is 18.3 Å². The van der Waals surface area contributed by atoms with Crippen molar-refractivity contribution in [2.75, 3.05) is 18.0 Å². The molecule has 2 fully saturated rings. The largest absolute Gasteiger partial charge is 0.370 e. The van der Waals surface area contributed by atoms with Gasteiger partial charge in [0.1, 0.15) is 5.82 Å². The predicted molar refractivity (Wildman–Crippen MR) is 90.2 cm³/mol. The first-order valence-electron chi connectivity index (χ1n) is 8.56. The molecule has 28 heavy (non-hydrogen) atoms. The van der Waals surface area contributed by atoms with E-state index in [1.807, 2.05) is 23.1 Å². The van der Waals surface area contributed by atoms with Gasteiger partial charge in [-0.3, -0.25) is 4.79 Å². The summed E-state index contributed by atoms with van der Waals surface area (Å²) >= 11 is 0. The number of ketones is 1. The summed E-state index contributed by atoms with van der Waals surface area (Å²) in [5.41, 5.74) is -1.45. The van der Waals surface area contributed by atoms with Crippen molar-refractivity contribution in [1.82, 2.24) is 9.88 Å². The molecule has 0 unspecified atom stereocenters. The highest BCUT2D eigenvalue weighted by Gasteiger charge is 2.42. The molecular formula is C19H14F5N3O. The van der Waals surface area contributed by atoms with Crippen molar-refractivity contribution in [2.45, 2.75) is 18.5 Å². The molecule has 2 atom stereocenters. The molecule has 2 bridgehead atoms. The van der Waals surface area contributed by atoms with Crippen molar-refractivity contribution < 1.29 is 26.7 Å². The van der Waals surface area contributed by atoms with Crippen molar-refractivity contribution in [2.24, 2.45) is 0 Å². The number of pyridine rings is 1. The molecule has 2 aliphatic heterocycles. The Hall–Kier alpha value is -2.97. The Kier molecular flexibility index (Phi) is 4.52. The van der Waals surface area contributed by atoms with E-state index >= 15 is 0 Å². The molecule has 2 saturated heterocycles. The fourth-order valence-corrected chi connectivity index (χ4v) is 3.75. The fraction of sp³-hybridized carbons (Fsp3) is 0.263. The zero-order valence-corrected chi connectivity index (χ0v) is 14.4. The maximum absolute atomic E-state index is 13.7. The quantitative estimate of drug-likeness (QED) is 0.261. The van der Waals surface area contributed by atoms with Crippen LogP contribution in [0.1, 0.15) is 16.8 Å². The Morgan fingerprint density at radius 2 is 1.64 bits per heavy atom. The molecular weight excluding hydrogens is 381 g/mol. The SMILES string of the molecule is O=C(/C=C/N1C[C@H]2C[C@@H]1CN2c1ccccn1)c1c(F)c(F)c(F)c(F)c1F. The summed E-state index contributed by atoms with van der Waals surface area (Å²) < 4.78 is 67.1. The van der Waals surface area contributed by atoms with Crippen LogP contribution in [0.5, 0.6) is 0 Å². The Bertz CT molecular complexity index is 937. The van der Waals surface area contributed by atoms with E-state index < -0.39 is 40.4 Å². The van der Waals surface area contributed by atoms with Gasteiger partial charge in [-0.25, -0.2) is 26.9 Å². The first-order chi connectivity index (χ1) is 13.4. The van der Waals surface area contributed by atoms with Crippen LogP contribution in [0.25, 0.3) is 0 Å². The number of halogens is 5. The summed E-state index contributed by atoms with van der Waals surface area (Å²) in [6, 6.07) is 5.82. The zero-order valence-electron chi connectivity index (χ0n) is 14.4. The molecule has 0 saturated carbocycles. The molecule has 0 N–H and O–H groups in total. The maximum Gasteiger partial charge on any atom is 0.200 e. The molecule has 4 nitrogen and oxygen atoms in total. The topological polar surface area (TPSA) is 36.4 Å². The first kappa shape index (κ1) is 18.4. The predicted octanol–water partition coefficient (Wildman–Crippen LogP) is 3.44. The standard InChI is InChI=1S/C19H14F5N3O/c20-15-14(16(21)18(23)19(24)17(15)22)12(28)4-6-26-8-11-7-10(26)9-27(11)13-3-1-2-5-25-13/h1-6,10-11H,7-9H2/b6-4+/t10-,11-/m1/s1. The molecule has 1 aromatic carbocycles. The van der Waals surface area contributed by atoms with Gasteiger partial charge in [-0.2, -0.15) is 0 Å². The highest BCUT2D eigenvalue weighted by Crippen LogP contribution is 2.33. The molecule has 4 rings (SSSR count). The van der Waals surface area contributed by atoms with Crippen LogP contribution < -0.4 is 4.90 Å². The van der Waals surface area contributed by atoms with Crippen molar-refractivity contribution in [3.05, 3.63) is 71.3 Å². The van der Waals surface area contributed by atoms with Crippen LogP contribution in [0.4, 0.5) is 27.8 Å². The molecule has 2 aromatic rings. The second kappa shape index (κ2) is 6.88. The van der Waals surface area contributed by atoms with Crippen LogP contribution in [0, 0.1) is 29.1 Å². The number of hydrogen-bond donors (Lipinski definition) is 0. The number of allylic oxidation sites excluding steroid dienone is 1. The van der Waals surface area contributed by atoms with Gasteiger partial charge in [0.15, 0.2) is 29.1 Å². The molecule has 0 aliphatic carbocycles. The van der Waals surface area contributed by atoms with Gasteiger partial charge >= 0.3 is 0 Å². The summed E-state index contributed by atoms with van der Waals surface area (Å²) in [7, 11) is 0. The van der Waals surface area contributed by atoms with Crippen LogP contribution in [-0.2, 0) is 0 Å². The maximum atomic E-state index is 13.7.